The summed E-state index contributed by atoms with van der Waals surface area (Å²) in [5.74, 6) is -0.403. The van der Waals surface area contributed by atoms with Gasteiger partial charge in [0.05, 0.1) is 5.25 Å². The zero-order valence-corrected chi connectivity index (χ0v) is 21.0. The highest BCUT2D eigenvalue weighted by atomic mass is 32.2. The molecule has 2 aromatic carbocycles. The highest BCUT2D eigenvalue weighted by molar-refractivity contribution is 8.15. The molecule has 1 saturated heterocycles. The van der Waals surface area contributed by atoms with Crippen LogP contribution in [0.3, 0.4) is 0 Å². The van der Waals surface area contributed by atoms with Gasteiger partial charge in [0.15, 0.2) is 0 Å². The van der Waals surface area contributed by atoms with Crippen molar-refractivity contribution in [3.05, 3.63) is 52.6 Å². The zero-order chi connectivity index (χ0) is 24.1. The molecule has 0 spiro atoms. The monoisotopic (exact) mass is 464 g/mol. The number of benzene rings is 2. The maximum absolute atomic E-state index is 12.3. The van der Waals surface area contributed by atoms with E-state index in [0.717, 1.165) is 52.5 Å². The highest BCUT2D eigenvalue weighted by Crippen LogP contribution is 2.48. The molecule has 4 rings (SSSR count). The van der Waals surface area contributed by atoms with E-state index in [9.17, 15) is 14.4 Å². The van der Waals surface area contributed by atoms with E-state index in [2.05, 4.69) is 57.4 Å². The normalized spacial score (nSPS) is 20.8. The van der Waals surface area contributed by atoms with Crippen LogP contribution in [0.15, 0.2) is 30.3 Å². The Morgan fingerprint density at radius 1 is 1.09 bits per heavy atom. The molecule has 0 saturated carbocycles. The molecule has 174 valence electrons. The summed E-state index contributed by atoms with van der Waals surface area (Å²) in [6.07, 6.45) is 2.66. The number of anilines is 1. The molecule has 1 fully saturated rings. The van der Waals surface area contributed by atoms with E-state index in [-0.39, 0.29) is 27.9 Å². The molecule has 0 radical (unpaired) electrons. The minimum Gasteiger partial charge on any atom is -0.326 e. The second-order valence-corrected chi connectivity index (χ2v) is 11.8. The first-order chi connectivity index (χ1) is 15.4. The molecule has 0 aromatic heterocycles. The van der Waals surface area contributed by atoms with Crippen molar-refractivity contribution in [2.75, 3.05) is 5.32 Å². The van der Waals surface area contributed by atoms with Gasteiger partial charge in [-0.15, -0.1) is 0 Å². The number of aryl methyl sites for hydroxylation is 1. The third-order valence-electron chi connectivity index (χ3n) is 7.10. The van der Waals surface area contributed by atoms with Gasteiger partial charge in [-0.3, -0.25) is 19.7 Å². The van der Waals surface area contributed by atoms with Crippen molar-refractivity contribution in [1.29, 1.82) is 0 Å². The summed E-state index contributed by atoms with van der Waals surface area (Å²) >= 11 is 1.03. The first-order valence-electron chi connectivity index (χ1n) is 11.5. The van der Waals surface area contributed by atoms with Gasteiger partial charge in [-0.25, -0.2) is 0 Å². The number of amides is 3. The van der Waals surface area contributed by atoms with Crippen molar-refractivity contribution in [3.63, 3.8) is 0 Å². The molecule has 6 heteroatoms. The van der Waals surface area contributed by atoms with E-state index in [1.807, 2.05) is 18.2 Å². The Hall–Kier alpha value is -2.60. The number of carbonyl (C=O) groups is 3. The van der Waals surface area contributed by atoms with E-state index < -0.39 is 5.25 Å². The summed E-state index contributed by atoms with van der Waals surface area (Å²) in [7, 11) is 0. The molecule has 2 aromatic rings. The standard InChI is InChI=1S/C27H32N2O3S/c1-15-12-19-20(27(5,6)11-10-26(19,3)4)14-18(15)23-17(8-7-9-21(23)28-16(2)30)13-22-24(31)29-25(32)33-22/h7-9,12,14,22H,10-11,13H2,1-6H3,(H,28,30)(H,29,31,32). The number of imide groups is 1. The lowest BCUT2D eigenvalue weighted by atomic mass is 9.62. The van der Waals surface area contributed by atoms with E-state index in [1.54, 1.807) is 0 Å². The van der Waals surface area contributed by atoms with Crippen molar-refractivity contribution in [2.45, 2.75) is 76.9 Å². The zero-order valence-electron chi connectivity index (χ0n) is 20.2. The van der Waals surface area contributed by atoms with Crippen LogP contribution < -0.4 is 10.6 Å². The van der Waals surface area contributed by atoms with Gasteiger partial charge in [-0.2, -0.15) is 0 Å². The highest BCUT2D eigenvalue weighted by Gasteiger charge is 2.38. The average Bonchev–Trinajstić information content (AvgIpc) is 3.02. The lowest BCUT2D eigenvalue weighted by molar-refractivity contribution is -0.119. The second kappa shape index (κ2) is 8.32. The lowest BCUT2D eigenvalue weighted by Crippen LogP contribution is -2.34. The smallest absolute Gasteiger partial charge is 0.286 e. The fourth-order valence-corrected chi connectivity index (χ4v) is 5.95. The van der Waals surface area contributed by atoms with Crippen molar-refractivity contribution in [2.24, 2.45) is 0 Å². The van der Waals surface area contributed by atoms with Crippen LogP contribution in [-0.4, -0.2) is 22.3 Å². The van der Waals surface area contributed by atoms with E-state index in [0.29, 0.717) is 6.42 Å². The maximum Gasteiger partial charge on any atom is 0.286 e. The SMILES string of the molecule is CC(=O)Nc1cccc(CC2SC(=O)NC2=O)c1-c1cc2c(cc1C)C(C)(C)CCC2(C)C. The molecule has 1 atom stereocenters. The van der Waals surface area contributed by atoms with E-state index in [4.69, 9.17) is 0 Å². The minimum atomic E-state index is -0.475. The number of hydrogen-bond donors (Lipinski definition) is 2. The Kier molecular flexibility index (Phi) is 5.94. The van der Waals surface area contributed by atoms with Gasteiger partial charge < -0.3 is 5.32 Å². The summed E-state index contributed by atoms with van der Waals surface area (Å²) in [5.41, 5.74) is 7.68. The molecule has 1 heterocycles. The predicted octanol–water partition coefficient (Wildman–Crippen LogP) is 5.86. The minimum absolute atomic E-state index is 0.0457. The third-order valence-corrected chi connectivity index (χ3v) is 8.08. The van der Waals surface area contributed by atoms with Crippen LogP contribution in [0.5, 0.6) is 0 Å². The van der Waals surface area contributed by atoms with Gasteiger partial charge in [0, 0.05) is 18.2 Å². The average molecular weight is 465 g/mol. The summed E-state index contributed by atoms with van der Waals surface area (Å²) in [4.78, 5) is 36.1. The molecule has 2 aliphatic rings. The number of fused-ring (bicyclic) bond motifs is 1. The van der Waals surface area contributed by atoms with Gasteiger partial charge in [0.2, 0.25) is 11.8 Å². The second-order valence-electron chi connectivity index (χ2n) is 10.6. The molecule has 3 amide bonds. The summed E-state index contributed by atoms with van der Waals surface area (Å²) in [5, 5.41) is 4.59. The van der Waals surface area contributed by atoms with Gasteiger partial charge in [0.25, 0.3) is 5.24 Å². The Balaban J connectivity index is 1.91. The molecule has 0 bridgehead atoms. The molecule has 1 unspecified atom stereocenters. The quantitative estimate of drug-likeness (QED) is 0.594. The largest absolute Gasteiger partial charge is 0.326 e. The van der Waals surface area contributed by atoms with E-state index in [1.165, 1.54) is 18.1 Å². The Labute approximate surface area is 200 Å². The topological polar surface area (TPSA) is 75.3 Å². The van der Waals surface area contributed by atoms with Crippen molar-refractivity contribution < 1.29 is 14.4 Å². The fraction of sp³-hybridized carbons (Fsp3) is 0.444. The van der Waals surface area contributed by atoms with Crippen molar-refractivity contribution in [3.8, 4) is 11.1 Å². The number of nitrogens with one attached hydrogen (secondary N) is 2. The molecular formula is C27H32N2O3S. The Bertz CT molecular complexity index is 1170. The summed E-state index contributed by atoms with van der Waals surface area (Å²) in [6, 6.07) is 10.4. The molecule has 1 aliphatic heterocycles. The van der Waals surface area contributed by atoms with Crippen LogP contribution in [0.4, 0.5) is 10.5 Å². The summed E-state index contributed by atoms with van der Waals surface area (Å²) in [6.45, 7) is 12.8. The van der Waals surface area contributed by atoms with Crippen LogP contribution in [0.25, 0.3) is 11.1 Å². The maximum atomic E-state index is 12.3. The molecule has 2 N–H and O–H groups in total. The first kappa shape index (κ1) is 23.6. The number of carbonyl (C=O) groups excluding carboxylic acids is 3. The molecule has 1 aliphatic carbocycles. The van der Waals surface area contributed by atoms with Crippen LogP contribution in [-0.2, 0) is 26.8 Å². The number of thioether (sulfide) groups is 1. The number of hydrogen-bond acceptors (Lipinski definition) is 4. The Morgan fingerprint density at radius 3 is 2.30 bits per heavy atom. The van der Waals surface area contributed by atoms with Gasteiger partial charge >= 0.3 is 0 Å². The summed E-state index contributed by atoms with van der Waals surface area (Å²) < 4.78 is 0. The molecule has 5 nitrogen and oxygen atoms in total. The predicted molar refractivity (Wildman–Crippen MR) is 135 cm³/mol. The van der Waals surface area contributed by atoms with Crippen LogP contribution in [0.2, 0.25) is 0 Å². The van der Waals surface area contributed by atoms with Gasteiger partial charge in [-0.1, -0.05) is 57.7 Å². The van der Waals surface area contributed by atoms with E-state index >= 15 is 0 Å². The van der Waals surface area contributed by atoms with Crippen molar-refractivity contribution in [1.82, 2.24) is 5.32 Å². The van der Waals surface area contributed by atoms with Gasteiger partial charge in [-0.05, 0) is 77.0 Å². The molecular weight excluding hydrogens is 432 g/mol. The van der Waals surface area contributed by atoms with Crippen molar-refractivity contribution >= 4 is 34.5 Å². The Morgan fingerprint density at radius 2 is 1.73 bits per heavy atom. The van der Waals surface area contributed by atoms with Gasteiger partial charge in [0.1, 0.15) is 0 Å². The van der Waals surface area contributed by atoms with Crippen LogP contribution >= 0.6 is 11.8 Å². The lowest BCUT2D eigenvalue weighted by Gasteiger charge is -2.42. The van der Waals surface area contributed by atoms with Crippen LogP contribution in [0.1, 0.15) is 69.7 Å². The molecule has 33 heavy (non-hydrogen) atoms. The number of rotatable bonds is 4. The third kappa shape index (κ3) is 4.45. The first-order valence-corrected chi connectivity index (χ1v) is 12.3. The fourth-order valence-electron chi connectivity index (χ4n) is 5.10. The van der Waals surface area contributed by atoms with Crippen LogP contribution in [0, 0.1) is 6.92 Å².